The van der Waals surface area contributed by atoms with Crippen LogP contribution in [0.4, 0.5) is 0 Å². The van der Waals surface area contributed by atoms with Gasteiger partial charge in [0.05, 0.1) is 5.69 Å². The first kappa shape index (κ1) is 13.2. The summed E-state index contributed by atoms with van der Waals surface area (Å²) in [4.78, 5) is 25.8. The molecule has 0 aromatic carbocycles. The fourth-order valence-electron chi connectivity index (χ4n) is 1.42. The number of carboxylic acids is 1. The summed E-state index contributed by atoms with van der Waals surface area (Å²) in [5.41, 5.74) is 0.389. The highest BCUT2D eigenvalue weighted by molar-refractivity contribution is 5.91. The molecule has 0 aliphatic rings. The van der Waals surface area contributed by atoms with E-state index in [9.17, 15) is 9.59 Å². The summed E-state index contributed by atoms with van der Waals surface area (Å²) in [6.45, 7) is 7.13. The lowest BCUT2D eigenvalue weighted by Gasteiger charge is -2.14. The van der Waals surface area contributed by atoms with Crippen LogP contribution in [0.25, 0.3) is 0 Å². The second kappa shape index (κ2) is 4.57. The van der Waals surface area contributed by atoms with Crippen molar-refractivity contribution in [3.63, 3.8) is 0 Å². The zero-order valence-electron chi connectivity index (χ0n) is 10.3. The molecular formula is C11H16N2O4. The summed E-state index contributed by atoms with van der Waals surface area (Å²) < 4.78 is 5.36. The van der Waals surface area contributed by atoms with E-state index >= 15 is 0 Å². The van der Waals surface area contributed by atoms with Gasteiger partial charge in [0, 0.05) is 5.41 Å². The lowest BCUT2D eigenvalue weighted by Crippen LogP contribution is -2.29. The van der Waals surface area contributed by atoms with Crippen molar-refractivity contribution in [3.8, 4) is 0 Å². The van der Waals surface area contributed by atoms with Gasteiger partial charge < -0.3 is 14.8 Å². The Morgan fingerprint density at radius 3 is 2.41 bits per heavy atom. The molecule has 94 valence electrons. The van der Waals surface area contributed by atoms with Gasteiger partial charge in [0.15, 0.2) is 0 Å². The largest absolute Gasteiger partial charge is 0.480 e. The minimum Gasteiger partial charge on any atom is -0.480 e. The van der Waals surface area contributed by atoms with Crippen molar-refractivity contribution in [1.29, 1.82) is 0 Å². The lowest BCUT2D eigenvalue weighted by atomic mass is 9.92. The van der Waals surface area contributed by atoms with Gasteiger partial charge in [-0.25, -0.2) is 4.98 Å². The molecule has 0 radical (unpaired) electrons. The average Bonchev–Trinajstić information content (AvgIpc) is 2.56. The fourth-order valence-corrected chi connectivity index (χ4v) is 1.42. The van der Waals surface area contributed by atoms with Crippen LogP contribution in [0.5, 0.6) is 0 Å². The molecule has 0 aliphatic carbocycles. The summed E-state index contributed by atoms with van der Waals surface area (Å²) in [5, 5.41) is 10.6. The maximum absolute atomic E-state index is 11.5. The summed E-state index contributed by atoms with van der Waals surface area (Å²) in [5.74, 6) is -1.21. The number of hydrogen-bond acceptors (Lipinski definition) is 4. The number of carbonyl (C=O) groups excluding carboxylic acids is 1. The number of oxazole rings is 1. The minimum absolute atomic E-state index is 0.103. The van der Waals surface area contributed by atoms with Gasteiger partial charge in [0.2, 0.25) is 0 Å². The zero-order chi connectivity index (χ0) is 13.2. The number of amides is 1. The molecule has 0 spiro atoms. The summed E-state index contributed by atoms with van der Waals surface area (Å²) in [7, 11) is 0. The lowest BCUT2D eigenvalue weighted by molar-refractivity contribution is -0.135. The second-order valence-corrected chi connectivity index (χ2v) is 4.76. The predicted molar refractivity (Wildman–Crippen MR) is 59.9 cm³/mol. The van der Waals surface area contributed by atoms with Gasteiger partial charge in [0.25, 0.3) is 5.89 Å². The summed E-state index contributed by atoms with van der Waals surface area (Å²) in [6.07, 6.45) is 0. The SMILES string of the molecule is Cc1nc(C(=O)NCC(=O)O)oc1C(C)(C)C. The van der Waals surface area contributed by atoms with Gasteiger partial charge in [0.1, 0.15) is 12.3 Å². The molecule has 0 unspecified atom stereocenters. The Labute approximate surface area is 99.0 Å². The van der Waals surface area contributed by atoms with Gasteiger partial charge in [-0.1, -0.05) is 20.8 Å². The summed E-state index contributed by atoms with van der Waals surface area (Å²) in [6, 6.07) is 0. The van der Waals surface area contributed by atoms with Crippen LogP contribution in [-0.4, -0.2) is 28.5 Å². The van der Waals surface area contributed by atoms with E-state index in [1.807, 2.05) is 20.8 Å². The van der Waals surface area contributed by atoms with Gasteiger partial charge in [-0.05, 0) is 6.92 Å². The van der Waals surface area contributed by atoms with E-state index in [-0.39, 0.29) is 11.3 Å². The molecule has 0 bridgehead atoms. The predicted octanol–water partition coefficient (Wildman–Crippen LogP) is 1.09. The number of nitrogens with zero attached hydrogens (tertiary/aromatic N) is 1. The van der Waals surface area contributed by atoms with Crippen molar-refractivity contribution < 1.29 is 19.1 Å². The van der Waals surface area contributed by atoms with E-state index in [1.165, 1.54) is 0 Å². The van der Waals surface area contributed by atoms with Gasteiger partial charge in [-0.3, -0.25) is 9.59 Å². The molecule has 0 aliphatic heterocycles. The Morgan fingerprint density at radius 2 is 2.00 bits per heavy atom. The van der Waals surface area contributed by atoms with E-state index in [4.69, 9.17) is 9.52 Å². The van der Waals surface area contributed by atoms with Crippen molar-refractivity contribution in [2.75, 3.05) is 6.54 Å². The second-order valence-electron chi connectivity index (χ2n) is 4.76. The first-order valence-corrected chi connectivity index (χ1v) is 5.19. The quantitative estimate of drug-likeness (QED) is 0.825. The Kier molecular flexibility index (Phi) is 3.55. The van der Waals surface area contributed by atoms with E-state index in [2.05, 4.69) is 10.3 Å². The molecule has 6 heteroatoms. The third-order valence-corrected chi connectivity index (χ3v) is 2.07. The molecule has 0 saturated carbocycles. The molecule has 1 aromatic heterocycles. The standard InChI is InChI=1S/C11H16N2O4/c1-6-8(11(2,3)4)17-10(13-6)9(16)12-5-7(14)15/h5H2,1-4H3,(H,12,16)(H,14,15). The van der Waals surface area contributed by atoms with Crippen LogP contribution >= 0.6 is 0 Å². The Bertz CT molecular complexity index is 443. The molecule has 0 atom stereocenters. The average molecular weight is 240 g/mol. The number of carbonyl (C=O) groups is 2. The Hall–Kier alpha value is -1.85. The number of aryl methyl sites for hydroxylation is 1. The third-order valence-electron chi connectivity index (χ3n) is 2.07. The smallest absolute Gasteiger partial charge is 0.322 e. The van der Waals surface area contributed by atoms with Crippen LogP contribution in [0.15, 0.2) is 4.42 Å². The molecule has 1 rings (SSSR count). The van der Waals surface area contributed by atoms with Crippen molar-refractivity contribution in [2.45, 2.75) is 33.1 Å². The van der Waals surface area contributed by atoms with Gasteiger partial charge >= 0.3 is 11.9 Å². The van der Waals surface area contributed by atoms with Crippen LogP contribution in [0.1, 0.15) is 42.9 Å². The first-order valence-electron chi connectivity index (χ1n) is 5.19. The molecule has 0 fully saturated rings. The van der Waals surface area contributed by atoms with Gasteiger partial charge in [-0.15, -0.1) is 0 Å². The monoisotopic (exact) mass is 240 g/mol. The normalized spacial score (nSPS) is 11.3. The number of hydrogen-bond donors (Lipinski definition) is 2. The molecule has 6 nitrogen and oxygen atoms in total. The van der Waals surface area contributed by atoms with Crippen LogP contribution in [0.3, 0.4) is 0 Å². The number of aliphatic carboxylic acids is 1. The molecule has 1 amide bonds. The summed E-state index contributed by atoms with van der Waals surface area (Å²) >= 11 is 0. The van der Waals surface area contributed by atoms with Crippen molar-refractivity contribution in [3.05, 3.63) is 17.3 Å². The molecule has 2 N–H and O–H groups in total. The molecule has 17 heavy (non-hydrogen) atoms. The van der Waals surface area contributed by atoms with E-state index in [0.717, 1.165) is 0 Å². The van der Waals surface area contributed by atoms with Crippen LogP contribution < -0.4 is 5.32 Å². The van der Waals surface area contributed by atoms with E-state index < -0.39 is 18.4 Å². The number of rotatable bonds is 3. The first-order chi connectivity index (χ1) is 7.71. The van der Waals surface area contributed by atoms with Crippen LogP contribution in [0, 0.1) is 6.92 Å². The topological polar surface area (TPSA) is 92.4 Å². The number of carboxylic acid groups (broad SMARTS) is 1. The highest BCUT2D eigenvalue weighted by Crippen LogP contribution is 2.26. The maximum Gasteiger partial charge on any atom is 0.322 e. The Balaban J connectivity index is 2.87. The van der Waals surface area contributed by atoms with Gasteiger partial charge in [-0.2, -0.15) is 0 Å². The maximum atomic E-state index is 11.5. The molecule has 0 saturated heterocycles. The zero-order valence-corrected chi connectivity index (χ0v) is 10.3. The van der Waals surface area contributed by atoms with E-state index in [1.54, 1.807) is 6.92 Å². The highest BCUT2D eigenvalue weighted by atomic mass is 16.4. The number of nitrogens with one attached hydrogen (secondary N) is 1. The molecule has 1 heterocycles. The highest BCUT2D eigenvalue weighted by Gasteiger charge is 2.25. The minimum atomic E-state index is -1.11. The fraction of sp³-hybridized carbons (Fsp3) is 0.545. The molecular weight excluding hydrogens is 224 g/mol. The van der Waals surface area contributed by atoms with Crippen LogP contribution in [0.2, 0.25) is 0 Å². The molecule has 1 aromatic rings. The number of aromatic nitrogens is 1. The van der Waals surface area contributed by atoms with Crippen molar-refractivity contribution in [1.82, 2.24) is 10.3 Å². The van der Waals surface area contributed by atoms with E-state index in [0.29, 0.717) is 11.5 Å². The van der Waals surface area contributed by atoms with Crippen LogP contribution in [-0.2, 0) is 10.2 Å². The Morgan fingerprint density at radius 1 is 1.41 bits per heavy atom. The third kappa shape index (κ3) is 3.30. The van der Waals surface area contributed by atoms with Crippen molar-refractivity contribution >= 4 is 11.9 Å². The van der Waals surface area contributed by atoms with Crippen molar-refractivity contribution in [2.24, 2.45) is 0 Å².